The maximum absolute atomic E-state index is 5.75. The number of nitrogens with zero attached hydrogens (tertiary/aromatic N) is 1. The maximum atomic E-state index is 5.75. The first-order valence-corrected chi connectivity index (χ1v) is 8.74. The smallest absolute Gasteiger partial charge is 0.147 e. The molecule has 3 nitrogen and oxygen atoms in total. The fourth-order valence-electron chi connectivity index (χ4n) is 1.98. The molecule has 1 aromatic carbocycles. The summed E-state index contributed by atoms with van der Waals surface area (Å²) in [6, 6.07) is 4.29. The van der Waals surface area contributed by atoms with Crippen molar-refractivity contribution < 1.29 is 4.74 Å². The summed E-state index contributed by atoms with van der Waals surface area (Å²) in [7, 11) is 0. The van der Waals surface area contributed by atoms with Gasteiger partial charge in [-0.3, -0.25) is 0 Å². The Hall–Kier alpha value is -0.100. The van der Waals surface area contributed by atoms with Crippen LogP contribution in [0.3, 0.4) is 0 Å². The molecule has 0 bridgehead atoms. The second kappa shape index (κ2) is 9.77. The van der Waals surface area contributed by atoms with Crippen molar-refractivity contribution >= 4 is 31.9 Å². The Morgan fingerprint density at radius 2 is 1.75 bits per heavy atom. The molecule has 0 atom stereocenters. The molecular weight excluding hydrogens is 384 g/mol. The minimum atomic E-state index is 0.645. The van der Waals surface area contributed by atoms with Crippen molar-refractivity contribution in [3.05, 3.63) is 26.6 Å². The van der Waals surface area contributed by atoms with Gasteiger partial charge in [0.1, 0.15) is 5.75 Å². The molecule has 0 aromatic heterocycles. The molecule has 5 heteroatoms. The fourth-order valence-corrected chi connectivity index (χ4v) is 3.49. The SMILES string of the molecule is CCN(CC)CCc1cc(Br)c(OCCCN)c(Br)c1. The van der Waals surface area contributed by atoms with E-state index in [-0.39, 0.29) is 0 Å². The molecule has 0 saturated heterocycles. The number of nitrogens with two attached hydrogens (primary N) is 1. The molecule has 0 spiro atoms. The van der Waals surface area contributed by atoms with E-state index in [1.165, 1.54) is 5.56 Å². The first-order valence-electron chi connectivity index (χ1n) is 7.15. The van der Waals surface area contributed by atoms with Gasteiger partial charge in [0.25, 0.3) is 0 Å². The van der Waals surface area contributed by atoms with Gasteiger partial charge in [0.15, 0.2) is 0 Å². The number of benzene rings is 1. The van der Waals surface area contributed by atoms with E-state index in [9.17, 15) is 0 Å². The van der Waals surface area contributed by atoms with E-state index in [0.29, 0.717) is 13.2 Å². The summed E-state index contributed by atoms with van der Waals surface area (Å²) in [4.78, 5) is 2.42. The molecule has 2 N–H and O–H groups in total. The maximum Gasteiger partial charge on any atom is 0.147 e. The normalized spacial score (nSPS) is 11.1. The average Bonchev–Trinajstić information content (AvgIpc) is 2.43. The van der Waals surface area contributed by atoms with Gasteiger partial charge in [0.05, 0.1) is 15.6 Å². The number of rotatable bonds is 9. The van der Waals surface area contributed by atoms with Crippen LogP contribution in [-0.2, 0) is 6.42 Å². The summed E-state index contributed by atoms with van der Waals surface area (Å²) in [5.74, 6) is 0.866. The van der Waals surface area contributed by atoms with Crippen LogP contribution in [0.5, 0.6) is 5.75 Å². The van der Waals surface area contributed by atoms with E-state index >= 15 is 0 Å². The minimum absolute atomic E-state index is 0.645. The number of hydrogen-bond donors (Lipinski definition) is 1. The lowest BCUT2D eigenvalue weighted by atomic mass is 10.1. The predicted molar refractivity (Wildman–Crippen MR) is 92.5 cm³/mol. The van der Waals surface area contributed by atoms with Crippen molar-refractivity contribution in [2.24, 2.45) is 5.73 Å². The Morgan fingerprint density at radius 1 is 1.15 bits per heavy atom. The van der Waals surface area contributed by atoms with Gasteiger partial charge in [0, 0.05) is 6.54 Å². The van der Waals surface area contributed by atoms with Gasteiger partial charge >= 0.3 is 0 Å². The quantitative estimate of drug-likeness (QED) is 0.632. The zero-order valence-electron chi connectivity index (χ0n) is 12.3. The van der Waals surface area contributed by atoms with Crippen molar-refractivity contribution in [1.29, 1.82) is 0 Å². The van der Waals surface area contributed by atoms with Crippen LogP contribution >= 0.6 is 31.9 Å². The minimum Gasteiger partial charge on any atom is -0.491 e. The molecule has 0 unspecified atom stereocenters. The van der Waals surface area contributed by atoms with E-state index in [0.717, 1.165) is 47.2 Å². The van der Waals surface area contributed by atoms with Gasteiger partial charge in [-0.15, -0.1) is 0 Å². The third-order valence-electron chi connectivity index (χ3n) is 3.26. The summed E-state index contributed by atoms with van der Waals surface area (Å²) in [5, 5.41) is 0. The molecule has 20 heavy (non-hydrogen) atoms. The Balaban J connectivity index is 2.67. The van der Waals surface area contributed by atoms with Gasteiger partial charge in [-0.25, -0.2) is 0 Å². The molecule has 0 fully saturated rings. The Labute approximate surface area is 139 Å². The molecule has 0 heterocycles. The van der Waals surface area contributed by atoms with E-state index < -0.39 is 0 Å². The molecule has 0 amide bonds. The number of likely N-dealkylation sites (N-methyl/N-ethyl adjacent to an activating group) is 1. The van der Waals surface area contributed by atoms with Crippen LogP contribution in [0.2, 0.25) is 0 Å². The lowest BCUT2D eigenvalue weighted by molar-refractivity contribution is 0.306. The fraction of sp³-hybridized carbons (Fsp3) is 0.600. The van der Waals surface area contributed by atoms with Crippen LogP contribution in [0.1, 0.15) is 25.8 Å². The van der Waals surface area contributed by atoms with Crippen LogP contribution in [0.15, 0.2) is 21.1 Å². The third kappa shape index (κ3) is 5.72. The molecule has 0 aliphatic carbocycles. The monoisotopic (exact) mass is 406 g/mol. The van der Waals surface area contributed by atoms with Gasteiger partial charge in [-0.2, -0.15) is 0 Å². The number of halogens is 2. The van der Waals surface area contributed by atoms with Crippen molar-refractivity contribution in [2.45, 2.75) is 26.7 Å². The molecule has 0 aliphatic heterocycles. The van der Waals surface area contributed by atoms with E-state index in [2.05, 4.69) is 62.7 Å². The summed E-state index contributed by atoms with van der Waals surface area (Å²) in [6.07, 6.45) is 1.91. The van der Waals surface area contributed by atoms with Crippen molar-refractivity contribution in [3.8, 4) is 5.75 Å². The van der Waals surface area contributed by atoms with E-state index in [1.54, 1.807) is 0 Å². The standard InChI is InChI=1S/C15H24Br2N2O/c1-3-19(4-2)8-6-12-10-13(16)15(14(17)11-12)20-9-5-7-18/h10-11H,3-9,18H2,1-2H3. The predicted octanol–water partition coefficient (Wildman–Crippen LogP) is 3.82. The highest BCUT2D eigenvalue weighted by Crippen LogP contribution is 2.35. The third-order valence-corrected chi connectivity index (χ3v) is 4.44. The Morgan fingerprint density at radius 3 is 2.25 bits per heavy atom. The van der Waals surface area contributed by atoms with Crippen LogP contribution in [-0.4, -0.2) is 37.7 Å². The zero-order valence-corrected chi connectivity index (χ0v) is 15.5. The highest BCUT2D eigenvalue weighted by Gasteiger charge is 2.09. The number of hydrogen-bond acceptors (Lipinski definition) is 3. The van der Waals surface area contributed by atoms with E-state index in [1.807, 2.05) is 0 Å². The van der Waals surface area contributed by atoms with E-state index in [4.69, 9.17) is 10.5 Å². The molecule has 114 valence electrons. The van der Waals surface area contributed by atoms with Crippen LogP contribution in [0, 0.1) is 0 Å². The Kier molecular flexibility index (Phi) is 8.77. The molecule has 1 aromatic rings. The highest BCUT2D eigenvalue weighted by molar-refractivity contribution is 9.11. The summed E-state index contributed by atoms with van der Waals surface area (Å²) < 4.78 is 7.74. The van der Waals surface area contributed by atoms with Gasteiger partial charge in [-0.1, -0.05) is 13.8 Å². The first-order chi connectivity index (χ1) is 9.62. The van der Waals surface area contributed by atoms with Crippen molar-refractivity contribution in [1.82, 2.24) is 4.90 Å². The largest absolute Gasteiger partial charge is 0.491 e. The van der Waals surface area contributed by atoms with Crippen LogP contribution in [0.4, 0.5) is 0 Å². The van der Waals surface area contributed by atoms with Gasteiger partial charge in [0.2, 0.25) is 0 Å². The topological polar surface area (TPSA) is 38.5 Å². The van der Waals surface area contributed by atoms with Gasteiger partial charge < -0.3 is 15.4 Å². The first kappa shape index (κ1) is 18.0. The van der Waals surface area contributed by atoms with Crippen molar-refractivity contribution in [3.63, 3.8) is 0 Å². The second-order valence-corrected chi connectivity index (χ2v) is 6.36. The lowest BCUT2D eigenvalue weighted by Crippen LogP contribution is -2.25. The Bertz CT molecular complexity index is 386. The lowest BCUT2D eigenvalue weighted by Gasteiger charge is -2.18. The van der Waals surface area contributed by atoms with Gasteiger partial charge in [-0.05, 0) is 82.0 Å². The summed E-state index contributed by atoms with van der Waals surface area (Å²) >= 11 is 7.18. The molecular formula is C15H24Br2N2O. The number of ether oxygens (including phenoxy) is 1. The van der Waals surface area contributed by atoms with Crippen molar-refractivity contribution in [2.75, 3.05) is 32.8 Å². The molecule has 0 saturated carbocycles. The molecule has 1 rings (SSSR count). The summed E-state index contributed by atoms with van der Waals surface area (Å²) in [5.41, 5.74) is 6.79. The zero-order chi connectivity index (χ0) is 15.0. The van der Waals surface area contributed by atoms with Crippen LogP contribution < -0.4 is 10.5 Å². The molecule has 0 radical (unpaired) electrons. The molecule has 0 aliphatic rings. The second-order valence-electron chi connectivity index (χ2n) is 4.66. The highest BCUT2D eigenvalue weighted by atomic mass is 79.9. The average molecular weight is 408 g/mol. The summed E-state index contributed by atoms with van der Waals surface area (Å²) in [6.45, 7) is 8.97. The van der Waals surface area contributed by atoms with Crippen LogP contribution in [0.25, 0.3) is 0 Å².